The first-order chi connectivity index (χ1) is 9.99. The summed E-state index contributed by atoms with van der Waals surface area (Å²) in [5.41, 5.74) is 0. The fraction of sp³-hybridized carbons (Fsp3) is 0.583. The van der Waals surface area contributed by atoms with E-state index in [0.29, 0.717) is 6.54 Å². The second kappa shape index (κ2) is 7.32. The zero-order valence-electron chi connectivity index (χ0n) is 11.5. The number of rotatable bonds is 7. The summed E-state index contributed by atoms with van der Waals surface area (Å²) in [5.74, 6) is -1.11. The predicted molar refractivity (Wildman–Crippen MR) is 80.4 cm³/mol. The number of nitrogens with one attached hydrogen (secondary N) is 2. The first-order valence-electron chi connectivity index (χ1n) is 6.75. The Morgan fingerprint density at radius 3 is 2.71 bits per heavy atom. The Hall–Kier alpha value is -1.00. The number of carboxylic acid groups (broad SMARTS) is 1. The monoisotopic (exact) mass is 333 g/mol. The van der Waals surface area contributed by atoms with E-state index in [0.717, 1.165) is 50.5 Å². The lowest BCUT2D eigenvalue weighted by molar-refractivity contribution is 0.0702. The van der Waals surface area contributed by atoms with Crippen molar-refractivity contribution in [2.45, 2.75) is 10.6 Å². The molecule has 2 heterocycles. The Balaban J connectivity index is 1.79. The minimum Gasteiger partial charge on any atom is -0.477 e. The van der Waals surface area contributed by atoms with Gasteiger partial charge in [0.1, 0.15) is 9.09 Å². The van der Waals surface area contributed by atoms with Crippen molar-refractivity contribution in [1.82, 2.24) is 14.9 Å². The molecule has 1 aromatic heterocycles. The van der Waals surface area contributed by atoms with E-state index >= 15 is 0 Å². The maximum atomic E-state index is 12.0. The molecular formula is C12H19N3O4S2. The van der Waals surface area contributed by atoms with Crippen molar-refractivity contribution in [2.24, 2.45) is 0 Å². The van der Waals surface area contributed by atoms with Crippen molar-refractivity contribution in [3.05, 3.63) is 17.0 Å². The van der Waals surface area contributed by atoms with Gasteiger partial charge in [-0.15, -0.1) is 11.3 Å². The molecule has 0 saturated carbocycles. The molecule has 0 spiro atoms. The molecule has 3 N–H and O–H groups in total. The first kappa shape index (κ1) is 16.4. The third kappa shape index (κ3) is 4.75. The zero-order valence-corrected chi connectivity index (χ0v) is 13.2. The van der Waals surface area contributed by atoms with Gasteiger partial charge >= 0.3 is 5.97 Å². The summed E-state index contributed by atoms with van der Waals surface area (Å²) in [5, 5.41) is 12.1. The van der Waals surface area contributed by atoms with E-state index in [9.17, 15) is 13.2 Å². The number of aromatic carboxylic acids is 1. The Bertz CT molecular complexity index is 579. The Kier molecular flexibility index (Phi) is 5.71. The van der Waals surface area contributed by atoms with Gasteiger partial charge in [0.2, 0.25) is 10.0 Å². The SMILES string of the molecule is O=C(O)c1ccc(S(=O)(=O)NCCCN2CCNCC2)s1. The molecule has 1 saturated heterocycles. The zero-order chi connectivity index (χ0) is 15.3. The Morgan fingerprint density at radius 2 is 2.10 bits per heavy atom. The number of thiophene rings is 1. The van der Waals surface area contributed by atoms with E-state index in [4.69, 9.17) is 5.11 Å². The van der Waals surface area contributed by atoms with Crippen LogP contribution in [-0.4, -0.2) is 63.7 Å². The van der Waals surface area contributed by atoms with Crippen LogP contribution in [0.25, 0.3) is 0 Å². The normalized spacial score (nSPS) is 17.0. The highest BCUT2D eigenvalue weighted by molar-refractivity contribution is 7.91. The van der Waals surface area contributed by atoms with Crippen molar-refractivity contribution in [1.29, 1.82) is 0 Å². The van der Waals surface area contributed by atoms with Crippen molar-refractivity contribution in [3.63, 3.8) is 0 Å². The second-order valence-electron chi connectivity index (χ2n) is 4.77. The molecule has 0 aliphatic carbocycles. The molecule has 0 unspecified atom stereocenters. The molecular weight excluding hydrogens is 314 g/mol. The maximum absolute atomic E-state index is 12.0. The smallest absolute Gasteiger partial charge is 0.345 e. The predicted octanol–water partition coefficient (Wildman–Crippen LogP) is 0.0199. The highest BCUT2D eigenvalue weighted by Gasteiger charge is 2.18. The van der Waals surface area contributed by atoms with E-state index < -0.39 is 16.0 Å². The lowest BCUT2D eigenvalue weighted by Gasteiger charge is -2.26. The van der Waals surface area contributed by atoms with Gasteiger partial charge in [0, 0.05) is 32.7 Å². The van der Waals surface area contributed by atoms with Crippen LogP contribution in [0.15, 0.2) is 16.3 Å². The van der Waals surface area contributed by atoms with Crippen LogP contribution in [0.2, 0.25) is 0 Å². The number of piperazine rings is 1. The van der Waals surface area contributed by atoms with E-state index in [1.807, 2.05) is 0 Å². The highest BCUT2D eigenvalue weighted by atomic mass is 32.2. The molecule has 7 nitrogen and oxygen atoms in total. The van der Waals surface area contributed by atoms with Gasteiger partial charge in [0.25, 0.3) is 0 Å². The molecule has 0 aromatic carbocycles. The molecule has 1 fully saturated rings. The minimum atomic E-state index is -3.60. The average Bonchev–Trinajstić information content (AvgIpc) is 2.96. The number of hydrogen-bond donors (Lipinski definition) is 3. The van der Waals surface area contributed by atoms with Gasteiger partial charge in [-0.05, 0) is 25.1 Å². The van der Waals surface area contributed by atoms with E-state index in [1.54, 1.807) is 0 Å². The highest BCUT2D eigenvalue weighted by Crippen LogP contribution is 2.21. The topological polar surface area (TPSA) is 98.7 Å². The summed E-state index contributed by atoms with van der Waals surface area (Å²) in [6.07, 6.45) is 0.733. The third-order valence-corrected chi connectivity index (χ3v) is 6.24. The molecule has 2 rings (SSSR count). The summed E-state index contributed by atoms with van der Waals surface area (Å²) >= 11 is 0.765. The van der Waals surface area contributed by atoms with Gasteiger partial charge in [-0.2, -0.15) is 0 Å². The average molecular weight is 333 g/mol. The lowest BCUT2D eigenvalue weighted by atomic mass is 10.3. The van der Waals surface area contributed by atoms with Gasteiger partial charge in [-0.1, -0.05) is 0 Å². The van der Waals surface area contributed by atoms with Gasteiger partial charge in [0.05, 0.1) is 0 Å². The van der Waals surface area contributed by atoms with Gasteiger partial charge < -0.3 is 15.3 Å². The standard InChI is InChI=1S/C12H19N3O4S2/c16-12(17)10-2-3-11(20-10)21(18,19)14-4-1-7-15-8-5-13-6-9-15/h2-3,13-14H,1,4-9H2,(H,16,17). The summed E-state index contributed by atoms with van der Waals surface area (Å²) in [6.45, 7) is 5.12. The van der Waals surface area contributed by atoms with Crippen LogP contribution >= 0.6 is 11.3 Å². The fourth-order valence-corrected chi connectivity index (χ4v) is 4.36. The molecule has 21 heavy (non-hydrogen) atoms. The van der Waals surface area contributed by atoms with Gasteiger partial charge in [-0.3, -0.25) is 0 Å². The van der Waals surface area contributed by atoms with Crippen LogP contribution in [0.4, 0.5) is 0 Å². The summed E-state index contributed by atoms with van der Waals surface area (Å²) < 4.78 is 26.6. The Morgan fingerprint density at radius 1 is 1.38 bits per heavy atom. The van der Waals surface area contributed by atoms with Crippen molar-refractivity contribution in [2.75, 3.05) is 39.3 Å². The lowest BCUT2D eigenvalue weighted by Crippen LogP contribution is -2.44. The molecule has 0 amide bonds. The van der Waals surface area contributed by atoms with Crippen LogP contribution < -0.4 is 10.0 Å². The van der Waals surface area contributed by atoms with Crippen molar-refractivity contribution in [3.8, 4) is 0 Å². The minimum absolute atomic E-state index is 0.0243. The van der Waals surface area contributed by atoms with E-state index in [2.05, 4.69) is 14.9 Å². The van der Waals surface area contributed by atoms with Crippen LogP contribution in [0.3, 0.4) is 0 Å². The molecule has 0 atom stereocenters. The van der Waals surface area contributed by atoms with E-state index in [-0.39, 0.29) is 9.09 Å². The van der Waals surface area contributed by atoms with Gasteiger partial charge in [-0.25, -0.2) is 17.9 Å². The first-order valence-corrected chi connectivity index (χ1v) is 9.05. The molecule has 1 aliphatic rings. The van der Waals surface area contributed by atoms with Crippen LogP contribution in [-0.2, 0) is 10.0 Å². The number of sulfonamides is 1. The van der Waals surface area contributed by atoms with Crippen LogP contribution in [0, 0.1) is 0 Å². The van der Waals surface area contributed by atoms with Crippen molar-refractivity contribution >= 4 is 27.3 Å². The largest absolute Gasteiger partial charge is 0.477 e. The summed E-state index contributed by atoms with van der Waals surface area (Å²) in [4.78, 5) is 13.1. The Labute approximate surface area is 128 Å². The quantitative estimate of drug-likeness (QED) is 0.609. The number of carboxylic acids is 1. The number of hydrogen-bond acceptors (Lipinski definition) is 6. The van der Waals surface area contributed by atoms with Crippen molar-refractivity contribution < 1.29 is 18.3 Å². The molecule has 9 heteroatoms. The van der Waals surface area contributed by atoms with Crippen LogP contribution in [0.1, 0.15) is 16.1 Å². The molecule has 1 aliphatic heterocycles. The molecule has 0 radical (unpaired) electrons. The number of nitrogens with zero attached hydrogens (tertiary/aromatic N) is 1. The third-order valence-electron chi connectivity index (χ3n) is 3.21. The second-order valence-corrected chi connectivity index (χ2v) is 7.84. The fourth-order valence-electron chi connectivity index (χ4n) is 2.09. The maximum Gasteiger partial charge on any atom is 0.345 e. The summed E-state index contributed by atoms with van der Waals surface area (Å²) in [7, 11) is -3.60. The van der Waals surface area contributed by atoms with E-state index in [1.165, 1.54) is 12.1 Å². The molecule has 0 bridgehead atoms. The summed E-state index contributed by atoms with van der Waals surface area (Å²) in [6, 6.07) is 2.63. The van der Waals surface area contributed by atoms with Gasteiger partial charge in [0.15, 0.2) is 0 Å². The number of carbonyl (C=O) groups is 1. The van der Waals surface area contributed by atoms with Crippen LogP contribution in [0.5, 0.6) is 0 Å². The molecule has 1 aromatic rings. The molecule has 118 valence electrons.